The maximum Gasteiger partial charge on any atom is 0.311 e. The number of carbonyl (C=O) groups is 2. The van der Waals surface area contributed by atoms with Gasteiger partial charge >= 0.3 is 11.9 Å². The fraction of sp³-hybridized carbons (Fsp3) is 0.692. The van der Waals surface area contributed by atoms with Gasteiger partial charge in [0.25, 0.3) is 0 Å². The molecule has 6 heteroatoms. The van der Waals surface area contributed by atoms with Crippen molar-refractivity contribution in [2.24, 2.45) is 56.6 Å². The summed E-state index contributed by atoms with van der Waals surface area (Å²) in [6, 6.07) is 15.4. The van der Waals surface area contributed by atoms with E-state index in [-0.39, 0.29) is 18.0 Å². The van der Waals surface area contributed by atoms with Crippen LogP contribution in [0.5, 0.6) is 5.75 Å². The number of aryl methyl sites for hydroxylation is 1. The normalized spacial score (nSPS) is 24.9. The van der Waals surface area contributed by atoms with Crippen LogP contribution in [0, 0.1) is 70.0 Å². The fourth-order valence-corrected chi connectivity index (χ4v) is 13.6. The highest BCUT2D eigenvalue weighted by Crippen LogP contribution is 2.67. The van der Waals surface area contributed by atoms with Crippen molar-refractivity contribution in [1.29, 1.82) is 0 Å². The summed E-state index contributed by atoms with van der Waals surface area (Å²) in [6.07, 6.45) is 36.3. The first-order chi connectivity index (χ1) is 34.5. The lowest BCUT2D eigenvalue weighted by Crippen LogP contribution is -2.51. The van der Waals surface area contributed by atoms with Gasteiger partial charge in [-0.1, -0.05) is 154 Å². The van der Waals surface area contributed by atoms with E-state index in [9.17, 15) is 9.59 Å². The molecule has 388 valence electrons. The van der Waals surface area contributed by atoms with Gasteiger partial charge in [0.05, 0.1) is 11.4 Å². The zero-order valence-electron chi connectivity index (χ0n) is 45.5. The Morgan fingerprint density at radius 1 is 0.662 bits per heavy atom. The standard InChI is InChI=1S/C65H94N2O4/c1-7-8-30-52-33-36-54(37-34-52)66-67-55-38-40-56(41-39-55)70-62(68)31-25-23-21-19-17-15-13-11-9-10-12-14-16-18-20-22-24-26-32-63(69)71-57-45-47-64(5)53(49-57)35-42-58-60-44-43-59(51(4)29-27-28-50(2)3)65(60,6)48-46-61(58)64/h33-41,50-51,57-61H,7-8,13-32,42-49H2,1-6H3/t51-,57?,58+,59-,60+,61+,64+,65-/m1/s1. The number of carbonyl (C=O) groups excluding carboxylic acids is 2. The number of rotatable bonds is 28. The van der Waals surface area contributed by atoms with E-state index in [1.807, 2.05) is 24.3 Å². The summed E-state index contributed by atoms with van der Waals surface area (Å²) in [5.74, 6) is 18.0. The summed E-state index contributed by atoms with van der Waals surface area (Å²) in [6.45, 7) is 14.8. The highest BCUT2D eigenvalue weighted by molar-refractivity contribution is 5.72. The average Bonchev–Trinajstić information content (AvgIpc) is 3.72. The van der Waals surface area contributed by atoms with Gasteiger partial charge in [-0.05, 0) is 184 Å². The molecule has 1 unspecified atom stereocenters. The summed E-state index contributed by atoms with van der Waals surface area (Å²) >= 11 is 0. The van der Waals surface area contributed by atoms with Crippen molar-refractivity contribution in [3.8, 4) is 29.4 Å². The molecule has 3 fully saturated rings. The van der Waals surface area contributed by atoms with E-state index in [2.05, 4.69) is 93.7 Å². The number of azo groups is 1. The Balaban J connectivity index is 0.722. The predicted octanol–water partition coefficient (Wildman–Crippen LogP) is 18.6. The largest absolute Gasteiger partial charge is 0.462 e. The van der Waals surface area contributed by atoms with Crippen molar-refractivity contribution in [2.75, 3.05) is 0 Å². The van der Waals surface area contributed by atoms with Crippen LogP contribution >= 0.6 is 0 Å². The second-order valence-electron chi connectivity index (χ2n) is 23.4. The number of hydrogen-bond donors (Lipinski definition) is 0. The van der Waals surface area contributed by atoms with Crippen LogP contribution in [0.4, 0.5) is 11.4 Å². The van der Waals surface area contributed by atoms with Crippen molar-refractivity contribution in [3.05, 3.63) is 65.7 Å². The molecule has 0 saturated heterocycles. The second-order valence-corrected chi connectivity index (χ2v) is 23.4. The molecule has 0 amide bonds. The summed E-state index contributed by atoms with van der Waals surface area (Å²) in [7, 11) is 0. The molecular weight excluding hydrogens is 873 g/mol. The first-order valence-electron chi connectivity index (χ1n) is 29.1. The van der Waals surface area contributed by atoms with E-state index in [1.54, 1.807) is 17.7 Å². The molecule has 0 radical (unpaired) electrons. The third-order valence-electron chi connectivity index (χ3n) is 17.8. The Morgan fingerprint density at radius 2 is 1.27 bits per heavy atom. The molecule has 0 spiro atoms. The van der Waals surface area contributed by atoms with Gasteiger partial charge in [0, 0.05) is 32.1 Å². The molecule has 0 aliphatic heterocycles. The Hall–Kier alpha value is -4.16. The Kier molecular flexibility index (Phi) is 23.3. The molecule has 8 atom stereocenters. The van der Waals surface area contributed by atoms with Gasteiger partial charge < -0.3 is 9.47 Å². The van der Waals surface area contributed by atoms with E-state index < -0.39 is 0 Å². The van der Waals surface area contributed by atoms with Crippen LogP contribution in [0.3, 0.4) is 0 Å². The van der Waals surface area contributed by atoms with Crippen LogP contribution in [0.15, 0.2) is 70.4 Å². The number of esters is 2. The minimum Gasteiger partial charge on any atom is -0.462 e. The first-order valence-corrected chi connectivity index (χ1v) is 29.1. The molecule has 6 rings (SSSR count). The summed E-state index contributed by atoms with van der Waals surface area (Å²) in [4.78, 5) is 25.3. The van der Waals surface area contributed by atoms with Gasteiger partial charge in [0.2, 0.25) is 0 Å². The van der Waals surface area contributed by atoms with Crippen LogP contribution in [-0.4, -0.2) is 18.0 Å². The molecule has 6 nitrogen and oxygen atoms in total. The Morgan fingerprint density at radius 3 is 1.90 bits per heavy atom. The fourth-order valence-electron chi connectivity index (χ4n) is 13.6. The number of nitrogens with zero attached hydrogens (tertiary/aromatic N) is 2. The van der Waals surface area contributed by atoms with E-state index >= 15 is 0 Å². The molecule has 2 aromatic carbocycles. The molecule has 3 saturated carbocycles. The monoisotopic (exact) mass is 967 g/mol. The lowest BCUT2D eigenvalue weighted by Gasteiger charge is -2.58. The quantitative estimate of drug-likeness (QED) is 0.0213. The minimum absolute atomic E-state index is 0.0169. The van der Waals surface area contributed by atoms with E-state index in [4.69, 9.17) is 9.47 Å². The second kappa shape index (κ2) is 29.5. The lowest BCUT2D eigenvalue weighted by atomic mass is 9.47. The van der Waals surface area contributed by atoms with Crippen molar-refractivity contribution >= 4 is 23.3 Å². The third kappa shape index (κ3) is 17.5. The topological polar surface area (TPSA) is 77.3 Å². The third-order valence-corrected chi connectivity index (χ3v) is 17.8. The lowest BCUT2D eigenvalue weighted by molar-refractivity contribution is -0.151. The van der Waals surface area contributed by atoms with E-state index in [0.717, 1.165) is 137 Å². The summed E-state index contributed by atoms with van der Waals surface area (Å²) < 4.78 is 11.7. The molecule has 2 aromatic rings. The molecule has 0 heterocycles. The molecule has 0 N–H and O–H groups in total. The average molecular weight is 967 g/mol. The zero-order chi connectivity index (χ0) is 50.3. The predicted molar refractivity (Wildman–Crippen MR) is 294 cm³/mol. The van der Waals surface area contributed by atoms with Crippen molar-refractivity contribution in [3.63, 3.8) is 0 Å². The highest BCUT2D eigenvalue weighted by Gasteiger charge is 2.59. The summed E-state index contributed by atoms with van der Waals surface area (Å²) in [5.41, 5.74) is 5.31. The SMILES string of the molecule is CCCCc1ccc(N=Nc2ccc(OC(=O)CCCCCCCCC#CC#CCCCCCCCCC(=O)OC3CC[C@@]4(C)C(=CC[C@H]5[C@@H]6CC[C@H]([C@H](C)CCCC(C)C)[C@@]6(C)CC[C@@H]54)C3)cc2)cc1. The van der Waals surface area contributed by atoms with E-state index in [0.29, 0.717) is 29.4 Å². The van der Waals surface area contributed by atoms with Crippen LogP contribution < -0.4 is 4.74 Å². The van der Waals surface area contributed by atoms with Crippen LogP contribution in [0.2, 0.25) is 0 Å². The number of fused-ring (bicyclic) bond motifs is 5. The maximum atomic E-state index is 12.9. The maximum absolute atomic E-state index is 12.9. The Labute approximate surface area is 432 Å². The minimum atomic E-state index is -0.193. The number of allylic oxidation sites excluding steroid dienone is 1. The van der Waals surface area contributed by atoms with Gasteiger partial charge in [-0.15, -0.1) is 0 Å². The van der Waals surface area contributed by atoms with Crippen molar-refractivity contribution in [2.45, 2.75) is 240 Å². The number of hydrogen-bond acceptors (Lipinski definition) is 6. The van der Waals surface area contributed by atoms with Crippen LogP contribution in [0.1, 0.15) is 233 Å². The van der Waals surface area contributed by atoms with E-state index in [1.165, 1.54) is 95.5 Å². The first kappa shape index (κ1) is 56.1. The van der Waals surface area contributed by atoms with Crippen LogP contribution in [-0.2, 0) is 20.7 Å². The highest BCUT2D eigenvalue weighted by atomic mass is 16.5. The molecule has 4 aliphatic rings. The Bertz CT molecular complexity index is 2110. The van der Waals surface area contributed by atoms with Crippen molar-refractivity contribution in [1.82, 2.24) is 0 Å². The molecule has 4 aliphatic carbocycles. The zero-order valence-corrected chi connectivity index (χ0v) is 45.5. The molecular formula is C65H94N2O4. The molecule has 71 heavy (non-hydrogen) atoms. The van der Waals surface area contributed by atoms with Gasteiger partial charge in [-0.3, -0.25) is 9.59 Å². The van der Waals surface area contributed by atoms with Gasteiger partial charge in [-0.2, -0.15) is 10.2 Å². The number of unbranched alkanes of at least 4 members (excludes halogenated alkanes) is 13. The summed E-state index contributed by atoms with van der Waals surface area (Å²) in [5, 5.41) is 8.65. The molecule has 0 bridgehead atoms. The van der Waals surface area contributed by atoms with Gasteiger partial charge in [-0.25, -0.2) is 0 Å². The van der Waals surface area contributed by atoms with Crippen LogP contribution in [0.25, 0.3) is 0 Å². The van der Waals surface area contributed by atoms with Gasteiger partial charge in [0.1, 0.15) is 11.9 Å². The molecule has 0 aromatic heterocycles. The van der Waals surface area contributed by atoms with Crippen molar-refractivity contribution < 1.29 is 19.1 Å². The van der Waals surface area contributed by atoms with Gasteiger partial charge in [0.15, 0.2) is 0 Å². The smallest absolute Gasteiger partial charge is 0.311 e. The number of benzene rings is 2. The number of ether oxygens (including phenoxy) is 2.